The predicted molar refractivity (Wildman–Crippen MR) is 95.0 cm³/mol. The Morgan fingerprint density at radius 3 is 2.36 bits per heavy atom. The lowest BCUT2D eigenvalue weighted by molar-refractivity contribution is 0.00578. The second-order valence-corrected chi connectivity index (χ2v) is 7.95. The van der Waals surface area contributed by atoms with Gasteiger partial charge in [-0.25, -0.2) is 0 Å². The summed E-state index contributed by atoms with van der Waals surface area (Å²) in [6, 6.07) is 12.7. The minimum atomic E-state index is -0.338. The molecular formula is C18H19BO2S. The average molecular weight is 311 g/mol. The molecule has 1 aliphatic rings. The molecule has 22 heavy (non-hydrogen) atoms. The van der Waals surface area contributed by atoms with E-state index in [2.05, 4.69) is 45.9 Å². The lowest BCUT2D eigenvalue weighted by Crippen LogP contribution is -2.41. The molecule has 0 aliphatic carbocycles. The maximum Gasteiger partial charge on any atom is 0.494 e. The molecule has 2 heterocycles. The van der Waals surface area contributed by atoms with Crippen molar-refractivity contribution in [2.75, 3.05) is 0 Å². The quantitative estimate of drug-likeness (QED) is 0.622. The van der Waals surface area contributed by atoms with Crippen molar-refractivity contribution in [1.29, 1.82) is 0 Å². The summed E-state index contributed by atoms with van der Waals surface area (Å²) in [6.07, 6.45) is 0. The van der Waals surface area contributed by atoms with Crippen LogP contribution in [-0.2, 0) is 9.31 Å². The predicted octanol–water partition coefficient (Wildman–Crippen LogP) is 4.35. The van der Waals surface area contributed by atoms with Gasteiger partial charge in [0.05, 0.1) is 12.6 Å². The summed E-state index contributed by atoms with van der Waals surface area (Å²) in [5.41, 5.74) is 0.387. The topological polar surface area (TPSA) is 18.5 Å². The van der Waals surface area contributed by atoms with Crippen molar-refractivity contribution in [2.45, 2.75) is 38.9 Å². The molecule has 0 radical (unpaired) electrons. The standard InChI is InChI=1S/C18H19BO2S/c1-17(2)18(3,4)21-19(20-17)12-9-10-16-14(11-12)13-7-5-6-8-15(13)22-16/h5-11H,1-4H3/i6D. The number of rotatable bonds is 1. The lowest BCUT2D eigenvalue weighted by atomic mass is 9.78. The maximum absolute atomic E-state index is 7.78. The van der Waals surface area contributed by atoms with E-state index < -0.39 is 0 Å². The fourth-order valence-corrected chi connectivity index (χ4v) is 3.88. The summed E-state index contributed by atoms with van der Waals surface area (Å²) in [7, 11) is -0.338. The third kappa shape index (κ3) is 2.02. The highest BCUT2D eigenvalue weighted by molar-refractivity contribution is 7.25. The summed E-state index contributed by atoms with van der Waals surface area (Å²) in [5, 5.41) is 2.40. The second kappa shape index (κ2) is 4.57. The fourth-order valence-electron chi connectivity index (χ4n) is 2.81. The van der Waals surface area contributed by atoms with Crippen LogP contribution in [0.25, 0.3) is 20.2 Å². The van der Waals surface area contributed by atoms with Crippen LogP contribution in [0, 0.1) is 0 Å². The van der Waals surface area contributed by atoms with Gasteiger partial charge in [-0.15, -0.1) is 11.3 Å². The third-order valence-corrected chi connectivity index (χ3v) is 6.00. The highest BCUT2D eigenvalue weighted by Gasteiger charge is 2.51. The Morgan fingerprint density at radius 1 is 0.955 bits per heavy atom. The first-order valence-corrected chi connectivity index (χ1v) is 8.37. The molecule has 2 aromatic carbocycles. The van der Waals surface area contributed by atoms with Gasteiger partial charge >= 0.3 is 7.12 Å². The lowest BCUT2D eigenvalue weighted by Gasteiger charge is -2.32. The van der Waals surface area contributed by atoms with Crippen molar-refractivity contribution in [3.63, 3.8) is 0 Å². The molecular weight excluding hydrogens is 291 g/mol. The van der Waals surface area contributed by atoms with Gasteiger partial charge in [0.1, 0.15) is 0 Å². The Kier molecular flexibility index (Phi) is 2.73. The molecule has 0 atom stereocenters. The Morgan fingerprint density at radius 2 is 1.64 bits per heavy atom. The molecule has 0 saturated carbocycles. The zero-order valence-electron chi connectivity index (χ0n) is 14.3. The summed E-state index contributed by atoms with van der Waals surface area (Å²) >= 11 is 1.73. The van der Waals surface area contributed by atoms with Crippen LogP contribution in [-0.4, -0.2) is 18.3 Å². The van der Waals surface area contributed by atoms with Crippen LogP contribution in [0.2, 0.25) is 0 Å². The molecule has 1 aliphatic heterocycles. The molecule has 0 N–H and O–H groups in total. The van der Waals surface area contributed by atoms with Gasteiger partial charge in [-0.2, -0.15) is 0 Å². The second-order valence-electron chi connectivity index (χ2n) is 6.87. The van der Waals surface area contributed by atoms with E-state index in [0.29, 0.717) is 6.04 Å². The van der Waals surface area contributed by atoms with Crippen molar-refractivity contribution in [1.82, 2.24) is 0 Å². The van der Waals surface area contributed by atoms with Crippen LogP contribution in [0.5, 0.6) is 0 Å². The highest BCUT2D eigenvalue weighted by Crippen LogP contribution is 2.37. The molecule has 0 bridgehead atoms. The Balaban J connectivity index is 1.82. The van der Waals surface area contributed by atoms with Gasteiger partial charge in [0.15, 0.2) is 0 Å². The van der Waals surface area contributed by atoms with E-state index in [1.54, 1.807) is 11.3 Å². The van der Waals surface area contributed by atoms with E-state index in [4.69, 9.17) is 10.7 Å². The van der Waals surface area contributed by atoms with E-state index in [1.165, 1.54) is 15.5 Å². The molecule has 4 heteroatoms. The van der Waals surface area contributed by atoms with Crippen LogP contribution in [0.4, 0.5) is 0 Å². The monoisotopic (exact) mass is 311 g/mol. The molecule has 1 saturated heterocycles. The fraction of sp³-hybridized carbons (Fsp3) is 0.333. The number of thiophene rings is 1. The molecule has 0 amide bonds. The Labute approximate surface area is 136 Å². The Hall–Kier alpha value is -1.36. The average Bonchev–Trinajstić information content (AvgIpc) is 2.91. The minimum absolute atomic E-state index is 0.330. The van der Waals surface area contributed by atoms with E-state index in [1.807, 2.05) is 18.2 Å². The molecule has 3 aromatic rings. The van der Waals surface area contributed by atoms with E-state index in [0.717, 1.165) is 10.2 Å². The molecule has 4 rings (SSSR count). The summed E-state index contributed by atoms with van der Waals surface area (Å²) in [5.74, 6) is 0. The van der Waals surface area contributed by atoms with Crippen LogP contribution < -0.4 is 5.46 Å². The number of hydrogen-bond acceptors (Lipinski definition) is 3. The Bertz CT molecular complexity index is 900. The van der Waals surface area contributed by atoms with Gasteiger partial charge in [0, 0.05) is 14.8 Å². The first kappa shape index (κ1) is 13.1. The minimum Gasteiger partial charge on any atom is -0.399 e. The van der Waals surface area contributed by atoms with Crippen LogP contribution in [0.15, 0.2) is 42.4 Å². The van der Waals surface area contributed by atoms with Gasteiger partial charge in [-0.1, -0.05) is 30.3 Å². The van der Waals surface area contributed by atoms with E-state index in [-0.39, 0.29) is 18.3 Å². The largest absolute Gasteiger partial charge is 0.494 e. The number of fused-ring (bicyclic) bond motifs is 3. The first-order chi connectivity index (χ1) is 10.8. The van der Waals surface area contributed by atoms with E-state index in [9.17, 15) is 0 Å². The molecule has 1 aromatic heterocycles. The smallest absolute Gasteiger partial charge is 0.399 e. The van der Waals surface area contributed by atoms with Crippen LogP contribution >= 0.6 is 11.3 Å². The zero-order valence-corrected chi connectivity index (χ0v) is 14.1. The van der Waals surface area contributed by atoms with Crippen LogP contribution in [0.1, 0.15) is 29.1 Å². The van der Waals surface area contributed by atoms with Gasteiger partial charge in [0.2, 0.25) is 0 Å². The van der Waals surface area contributed by atoms with Crippen LogP contribution in [0.3, 0.4) is 0 Å². The SMILES string of the molecule is [2H]c1ccc2c(c1)sc1ccc(B3OC(C)(C)C(C)(C)O3)cc12. The molecule has 1 fully saturated rings. The number of hydrogen-bond donors (Lipinski definition) is 0. The molecule has 2 nitrogen and oxygen atoms in total. The molecule has 112 valence electrons. The number of benzene rings is 2. The summed E-state index contributed by atoms with van der Waals surface area (Å²) in [6.45, 7) is 8.28. The maximum atomic E-state index is 7.78. The van der Waals surface area contributed by atoms with Gasteiger partial charge in [-0.05, 0) is 50.7 Å². The summed E-state index contributed by atoms with van der Waals surface area (Å²) < 4.78 is 22.5. The van der Waals surface area contributed by atoms with Gasteiger partial charge < -0.3 is 9.31 Å². The van der Waals surface area contributed by atoms with Crippen molar-refractivity contribution in [3.05, 3.63) is 42.4 Å². The normalized spacial score (nSPS) is 20.7. The molecule has 0 unspecified atom stereocenters. The van der Waals surface area contributed by atoms with Gasteiger partial charge in [0.25, 0.3) is 0 Å². The zero-order chi connectivity index (χ0) is 16.4. The first-order valence-electron chi connectivity index (χ1n) is 8.05. The van der Waals surface area contributed by atoms with E-state index >= 15 is 0 Å². The van der Waals surface area contributed by atoms with Crippen molar-refractivity contribution in [3.8, 4) is 0 Å². The van der Waals surface area contributed by atoms with Gasteiger partial charge in [-0.3, -0.25) is 0 Å². The van der Waals surface area contributed by atoms with Crippen molar-refractivity contribution in [2.24, 2.45) is 0 Å². The summed E-state index contributed by atoms with van der Waals surface area (Å²) in [4.78, 5) is 0. The third-order valence-electron chi connectivity index (χ3n) is 4.87. The van der Waals surface area contributed by atoms with Crippen molar-refractivity contribution >= 4 is 44.1 Å². The molecule has 0 spiro atoms. The highest BCUT2D eigenvalue weighted by atomic mass is 32.1. The van der Waals surface area contributed by atoms with Crippen molar-refractivity contribution < 1.29 is 10.7 Å².